The van der Waals surface area contributed by atoms with E-state index in [1.807, 2.05) is 14.0 Å². The Morgan fingerprint density at radius 1 is 1.35 bits per heavy atom. The lowest BCUT2D eigenvalue weighted by atomic mass is 10.0. The van der Waals surface area contributed by atoms with E-state index < -0.39 is 0 Å². The molecule has 2 rings (SSSR count). The van der Waals surface area contributed by atoms with Gasteiger partial charge in [-0.2, -0.15) is 5.10 Å². The van der Waals surface area contributed by atoms with Crippen LogP contribution >= 0.6 is 15.9 Å². The largest absolute Gasteiger partial charge is 0.304 e. The molecule has 0 amide bonds. The highest BCUT2D eigenvalue weighted by atomic mass is 79.9. The number of Topliss-reactive ketones (excluding diaryl/α,β-unsaturated/α-hetero) is 1. The molecular formula is C14H23BrN4O. The third-order valence-corrected chi connectivity index (χ3v) is 5.10. The van der Waals surface area contributed by atoms with Crippen molar-refractivity contribution in [3.63, 3.8) is 0 Å². The monoisotopic (exact) mass is 342 g/mol. The molecule has 1 atom stereocenters. The van der Waals surface area contributed by atoms with Crippen LogP contribution in [0.2, 0.25) is 0 Å². The van der Waals surface area contributed by atoms with Crippen LogP contribution in [0.5, 0.6) is 0 Å². The summed E-state index contributed by atoms with van der Waals surface area (Å²) in [6, 6.07) is 0.328. The fraction of sp³-hybridized carbons (Fsp3) is 0.714. The van der Waals surface area contributed by atoms with Crippen LogP contribution in [0.4, 0.5) is 0 Å². The number of hydrogen-bond donors (Lipinski definition) is 0. The number of piperazine rings is 1. The van der Waals surface area contributed by atoms with E-state index >= 15 is 0 Å². The van der Waals surface area contributed by atoms with Crippen LogP contribution in [-0.4, -0.2) is 65.1 Å². The second-order valence-electron chi connectivity index (χ2n) is 5.79. The lowest BCUT2D eigenvalue weighted by Crippen LogP contribution is -2.50. The molecule has 0 bridgehead atoms. The first-order chi connectivity index (χ1) is 9.38. The van der Waals surface area contributed by atoms with Gasteiger partial charge in [-0.1, -0.05) is 0 Å². The van der Waals surface area contributed by atoms with Crippen molar-refractivity contribution in [3.05, 3.63) is 15.9 Å². The maximum Gasteiger partial charge on any atom is 0.140 e. The van der Waals surface area contributed by atoms with Crippen molar-refractivity contribution >= 4 is 21.7 Å². The highest BCUT2D eigenvalue weighted by molar-refractivity contribution is 9.10. The standard InChI is InChI=1S/C14H23BrN4O/c1-10-14(15)13(19(4)16-10)8-12(20)7-11-9-17(2)5-6-18(11)3/h11H,5-9H2,1-4H3. The molecule has 1 aromatic rings. The summed E-state index contributed by atoms with van der Waals surface area (Å²) in [6.07, 6.45) is 1.06. The fourth-order valence-electron chi connectivity index (χ4n) is 2.72. The number of halogens is 1. The normalized spacial score (nSPS) is 21.4. The lowest BCUT2D eigenvalue weighted by molar-refractivity contribution is -0.120. The van der Waals surface area contributed by atoms with E-state index in [-0.39, 0.29) is 5.78 Å². The molecule has 0 aliphatic carbocycles. The summed E-state index contributed by atoms with van der Waals surface area (Å²) in [4.78, 5) is 16.9. The van der Waals surface area contributed by atoms with Crippen LogP contribution in [0.15, 0.2) is 4.47 Å². The van der Waals surface area contributed by atoms with Gasteiger partial charge in [0.15, 0.2) is 0 Å². The molecule has 6 heteroatoms. The number of ketones is 1. The molecule has 1 saturated heterocycles. The minimum Gasteiger partial charge on any atom is -0.304 e. The first kappa shape index (κ1) is 15.7. The van der Waals surface area contributed by atoms with Gasteiger partial charge < -0.3 is 9.80 Å². The molecule has 1 fully saturated rings. The van der Waals surface area contributed by atoms with Gasteiger partial charge >= 0.3 is 0 Å². The quantitative estimate of drug-likeness (QED) is 0.825. The van der Waals surface area contributed by atoms with Gasteiger partial charge in [-0.3, -0.25) is 9.48 Å². The molecule has 2 heterocycles. The first-order valence-corrected chi connectivity index (χ1v) is 7.76. The summed E-state index contributed by atoms with van der Waals surface area (Å²) in [5.41, 5.74) is 1.91. The Bertz CT molecular complexity index is 500. The molecule has 0 aromatic carbocycles. The van der Waals surface area contributed by atoms with Gasteiger partial charge in [-0.15, -0.1) is 0 Å². The van der Waals surface area contributed by atoms with E-state index in [2.05, 4.69) is 44.9 Å². The van der Waals surface area contributed by atoms with E-state index in [1.54, 1.807) is 4.68 Å². The Morgan fingerprint density at radius 3 is 2.65 bits per heavy atom. The molecule has 1 aliphatic heterocycles. The zero-order chi connectivity index (χ0) is 14.9. The van der Waals surface area contributed by atoms with Gasteiger partial charge in [0, 0.05) is 45.6 Å². The molecule has 0 radical (unpaired) electrons. The van der Waals surface area contributed by atoms with Crippen molar-refractivity contribution < 1.29 is 4.79 Å². The van der Waals surface area contributed by atoms with E-state index in [9.17, 15) is 4.79 Å². The molecule has 5 nitrogen and oxygen atoms in total. The van der Waals surface area contributed by atoms with Crippen molar-refractivity contribution in [2.24, 2.45) is 7.05 Å². The number of aryl methyl sites for hydroxylation is 2. The third-order valence-electron chi connectivity index (χ3n) is 4.07. The Kier molecular flexibility index (Phi) is 4.99. The summed E-state index contributed by atoms with van der Waals surface area (Å²) in [5, 5.41) is 4.34. The van der Waals surface area contributed by atoms with Gasteiger partial charge in [-0.05, 0) is 36.9 Å². The van der Waals surface area contributed by atoms with Crippen molar-refractivity contribution in [2.45, 2.75) is 25.8 Å². The van der Waals surface area contributed by atoms with Gasteiger partial charge in [-0.25, -0.2) is 0 Å². The van der Waals surface area contributed by atoms with E-state index in [0.717, 1.165) is 35.5 Å². The number of carbonyl (C=O) groups is 1. The number of rotatable bonds is 4. The summed E-state index contributed by atoms with van der Waals surface area (Å²) < 4.78 is 2.76. The Balaban J connectivity index is 1.98. The molecule has 0 saturated carbocycles. The second-order valence-corrected chi connectivity index (χ2v) is 6.58. The zero-order valence-electron chi connectivity index (χ0n) is 12.7. The predicted octanol–water partition coefficient (Wildman–Crippen LogP) is 1.24. The average molecular weight is 343 g/mol. The highest BCUT2D eigenvalue weighted by Crippen LogP contribution is 2.21. The van der Waals surface area contributed by atoms with Crippen LogP contribution in [0.1, 0.15) is 17.8 Å². The highest BCUT2D eigenvalue weighted by Gasteiger charge is 2.25. The minimum absolute atomic E-state index is 0.279. The van der Waals surface area contributed by atoms with Crippen LogP contribution < -0.4 is 0 Å². The van der Waals surface area contributed by atoms with Crippen molar-refractivity contribution in [2.75, 3.05) is 33.7 Å². The molecule has 112 valence electrons. The maximum absolute atomic E-state index is 12.3. The maximum atomic E-state index is 12.3. The number of carbonyl (C=O) groups excluding carboxylic acids is 1. The first-order valence-electron chi connectivity index (χ1n) is 6.97. The van der Waals surface area contributed by atoms with Crippen LogP contribution in [0.3, 0.4) is 0 Å². The fourth-order valence-corrected chi connectivity index (χ4v) is 3.19. The van der Waals surface area contributed by atoms with Gasteiger partial charge in [0.05, 0.1) is 15.9 Å². The van der Waals surface area contributed by atoms with E-state index in [0.29, 0.717) is 18.9 Å². The second kappa shape index (κ2) is 6.37. The van der Waals surface area contributed by atoms with Crippen molar-refractivity contribution in [1.82, 2.24) is 19.6 Å². The lowest BCUT2D eigenvalue weighted by Gasteiger charge is -2.37. The molecule has 20 heavy (non-hydrogen) atoms. The van der Waals surface area contributed by atoms with E-state index in [1.165, 1.54) is 0 Å². The molecule has 1 aliphatic rings. The Labute approximate surface area is 129 Å². The third kappa shape index (κ3) is 3.48. The Morgan fingerprint density at radius 2 is 2.05 bits per heavy atom. The van der Waals surface area contributed by atoms with Crippen molar-refractivity contribution in [3.8, 4) is 0 Å². The van der Waals surface area contributed by atoms with E-state index in [4.69, 9.17) is 0 Å². The SMILES string of the molecule is Cc1nn(C)c(CC(=O)CC2CN(C)CCN2C)c1Br. The molecular weight excluding hydrogens is 320 g/mol. The minimum atomic E-state index is 0.279. The molecule has 1 aromatic heterocycles. The van der Waals surface area contributed by atoms with Gasteiger partial charge in [0.25, 0.3) is 0 Å². The molecule has 0 N–H and O–H groups in total. The smallest absolute Gasteiger partial charge is 0.140 e. The number of aromatic nitrogens is 2. The summed E-state index contributed by atoms with van der Waals surface area (Å²) in [5.74, 6) is 0.279. The van der Waals surface area contributed by atoms with Crippen molar-refractivity contribution in [1.29, 1.82) is 0 Å². The predicted molar refractivity (Wildman–Crippen MR) is 82.9 cm³/mol. The van der Waals surface area contributed by atoms with Gasteiger partial charge in [0.2, 0.25) is 0 Å². The summed E-state index contributed by atoms with van der Waals surface area (Å²) >= 11 is 3.52. The zero-order valence-corrected chi connectivity index (χ0v) is 14.3. The topological polar surface area (TPSA) is 41.4 Å². The summed E-state index contributed by atoms with van der Waals surface area (Å²) in [7, 11) is 6.11. The van der Waals surface area contributed by atoms with Crippen LogP contribution in [0.25, 0.3) is 0 Å². The summed E-state index contributed by atoms with van der Waals surface area (Å²) in [6.45, 7) is 5.02. The van der Waals surface area contributed by atoms with Gasteiger partial charge in [0.1, 0.15) is 5.78 Å². The molecule has 1 unspecified atom stereocenters. The average Bonchev–Trinajstić information content (AvgIpc) is 2.61. The Hall–Kier alpha value is -0.720. The molecule has 0 spiro atoms. The number of likely N-dealkylation sites (N-methyl/N-ethyl adjacent to an activating group) is 2. The van der Waals surface area contributed by atoms with Crippen LogP contribution in [-0.2, 0) is 18.3 Å². The number of nitrogens with zero attached hydrogens (tertiary/aromatic N) is 4. The number of hydrogen-bond acceptors (Lipinski definition) is 4. The van der Waals surface area contributed by atoms with Crippen LogP contribution in [0, 0.1) is 6.92 Å².